The molecular formula is C14H18N2. The Morgan fingerprint density at radius 2 is 1.75 bits per heavy atom. The Morgan fingerprint density at radius 1 is 1.06 bits per heavy atom. The largest absolute Gasteiger partial charge is 0.241 e. The van der Waals surface area contributed by atoms with Crippen molar-refractivity contribution >= 4 is 10.9 Å². The summed E-state index contributed by atoms with van der Waals surface area (Å²) in [6, 6.07) is 4.37. The summed E-state index contributed by atoms with van der Waals surface area (Å²) in [5, 5.41) is 1.13. The third kappa shape index (κ3) is 1.92. The molecule has 1 heterocycles. The van der Waals surface area contributed by atoms with E-state index in [0.29, 0.717) is 0 Å². The highest BCUT2D eigenvalue weighted by Crippen LogP contribution is 2.29. The molecule has 0 spiro atoms. The van der Waals surface area contributed by atoms with Gasteiger partial charge in [-0.3, -0.25) is 0 Å². The SMILES string of the molecule is Cc1cc(C(C)(C)C)c2nc(C)ncc2c1. The lowest BCUT2D eigenvalue weighted by Crippen LogP contribution is -2.13. The molecule has 0 aliphatic rings. The predicted molar refractivity (Wildman–Crippen MR) is 67.7 cm³/mol. The molecule has 0 aliphatic carbocycles. The molecule has 1 aromatic heterocycles. The molecule has 0 radical (unpaired) electrons. The predicted octanol–water partition coefficient (Wildman–Crippen LogP) is 3.54. The van der Waals surface area contributed by atoms with Crippen molar-refractivity contribution in [3.05, 3.63) is 35.3 Å². The molecule has 0 N–H and O–H groups in total. The van der Waals surface area contributed by atoms with Crippen molar-refractivity contribution in [1.82, 2.24) is 9.97 Å². The zero-order valence-corrected chi connectivity index (χ0v) is 10.6. The van der Waals surface area contributed by atoms with Crippen LogP contribution in [0.4, 0.5) is 0 Å². The van der Waals surface area contributed by atoms with Gasteiger partial charge in [0.25, 0.3) is 0 Å². The van der Waals surface area contributed by atoms with Gasteiger partial charge in [0.15, 0.2) is 0 Å². The summed E-state index contributed by atoms with van der Waals surface area (Å²) in [5.74, 6) is 0.835. The summed E-state index contributed by atoms with van der Waals surface area (Å²) >= 11 is 0. The van der Waals surface area contributed by atoms with Crippen molar-refractivity contribution in [2.24, 2.45) is 0 Å². The Labute approximate surface area is 96.7 Å². The van der Waals surface area contributed by atoms with E-state index in [1.807, 2.05) is 13.1 Å². The van der Waals surface area contributed by atoms with E-state index in [1.165, 1.54) is 11.1 Å². The summed E-state index contributed by atoms with van der Waals surface area (Å²) in [4.78, 5) is 8.83. The van der Waals surface area contributed by atoms with Crippen LogP contribution in [-0.4, -0.2) is 9.97 Å². The van der Waals surface area contributed by atoms with Crippen LogP contribution in [-0.2, 0) is 5.41 Å². The van der Waals surface area contributed by atoms with Crippen molar-refractivity contribution in [1.29, 1.82) is 0 Å². The van der Waals surface area contributed by atoms with Crippen LogP contribution in [0.5, 0.6) is 0 Å². The van der Waals surface area contributed by atoms with Gasteiger partial charge in [0.1, 0.15) is 5.82 Å². The second-order valence-electron chi connectivity index (χ2n) is 5.42. The summed E-state index contributed by atoms with van der Waals surface area (Å²) in [6.07, 6.45) is 1.92. The quantitative estimate of drug-likeness (QED) is 0.670. The second kappa shape index (κ2) is 3.55. The average molecular weight is 214 g/mol. The molecule has 84 valence electrons. The summed E-state index contributed by atoms with van der Waals surface area (Å²) in [5.41, 5.74) is 3.77. The van der Waals surface area contributed by atoms with Gasteiger partial charge in [0.05, 0.1) is 5.52 Å². The lowest BCUT2D eigenvalue weighted by molar-refractivity contribution is 0.594. The fourth-order valence-electron chi connectivity index (χ4n) is 1.96. The first kappa shape index (κ1) is 11.1. The van der Waals surface area contributed by atoms with Gasteiger partial charge in [-0.2, -0.15) is 0 Å². The van der Waals surface area contributed by atoms with E-state index in [2.05, 4.69) is 49.8 Å². The highest BCUT2D eigenvalue weighted by atomic mass is 14.9. The minimum Gasteiger partial charge on any atom is -0.241 e. The molecule has 0 aliphatic heterocycles. The third-order valence-corrected chi connectivity index (χ3v) is 2.76. The first-order valence-corrected chi connectivity index (χ1v) is 5.62. The molecule has 0 amide bonds. The van der Waals surface area contributed by atoms with Crippen molar-refractivity contribution in [2.75, 3.05) is 0 Å². The van der Waals surface area contributed by atoms with E-state index in [0.717, 1.165) is 16.7 Å². The van der Waals surface area contributed by atoms with Crippen LogP contribution in [0.15, 0.2) is 18.3 Å². The number of aromatic nitrogens is 2. The number of nitrogens with zero attached hydrogens (tertiary/aromatic N) is 2. The zero-order chi connectivity index (χ0) is 11.9. The molecule has 2 rings (SSSR count). The first-order chi connectivity index (χ1) is 7.38. The molecular weight excluding hydrogens is 196 g/mol. The van der Waals surface area contributed by atoms with Crippen LogP contribution in [0.25, 0.3) is 10.9 Å². The van der Waals surface area contributed by atoms with E-state index in [-0.39, 0.29) is 5.41 Å². The van der Waals surface area contributed by atoms with Gasteiger partial charge < -0.3 is 0 Å². The molecule has 0 atom stereocenters. The molecule has 2 heteroatoms. The molecule has 0 saturated carbocycles. The fraction of sp³-hybridized carbons (Fsp3) is 0.429. The van der Waals surface area contributed by atoms with Gasteiger partial charge in [-0.1, -0.05) is 32.4 Å². The van der Waals surface area contributed by atoms with Gasteiger partial charge in [-0.15, -0.1) is 0 Å². The standard InChI is InChI=1S/C14H18N2/c1-9-6-11-8-15-10(2)16-13(11)12(7-9)14(3,4)5/h6-8H,1-5H3. The van der Waals surface area contributed by atoms with Crippen LogP contribution in [0.1, 0.15) is 37.7 Å². The smallest absolute Gasteiger partial charge is 0.125 e. The normalized spacial score (nSPS) is 12.1. The van der Waals surface area contributed by atoms with Gasteiger partial charge in [-0.25, -0.2) is 9.97 Å². The van der Waals surface area contributed by atoms with Crippen LogP contribution < -0.4 is 0 Å². The molecule has 0 bridgehead atoms. The van der Waals surface area contributed by atoms with Crippen molar-refractivity contribution in [3.8, 4) is 0 Å². The number of hydrogen-bond donors (Lipinski definition) is 0. The first-order valence-electron chi connectivity index (χ1n) is 5.62. The van der Waals surface area contributed by atoms with Crippen molar-refractivity contribution in [3.63, 3.8) is 0 Å². The summed E-state index contributed by atoms with van der Waals surface area (Å²) in [7, 11) is 0. The number of aryl methyl sites for hydroxylation is 2. The van der Waals surface area contributed by atoms with E-state index >= 15 is 0 Å². The maximum atomic E-state index is 4.57. The van der Waals surface area contributed by atoms with Crippen LogP contribution in [0.3, 0.4) is 0 Å². The Balaban J connectivity index is 2.85. The number of benzene rings is 1. The topological polar surface area (TPSA) is 25.8 Å². The van der Waals surface area contributed by atoms with Crippen LogP contribution in [0, 0.1) is 13.8 Å². The van der Waals surface area contributed by atoms with Crippen molar-refractivity contribution in [2.45, 2.75) is 40.0 Å². The number of fused-ring (bicyclic) bond motifs is 1. The third-order valence-electron chi connectivity index (χ3n) is 2.76. The maximum absolute atomic E-state index is 4.57. The molecule has 2 aromatic rings. The van der Waals surface area contributed by atoms with E-state index in [4.69, 9.17) is 0 Å². The molecule has 2 nitrogen and oxygen atoms in total. The number of rotatable bonds is 0. The molecule has 0 fully saturated rings. The molecule has 16 heavy (non-hydrogen) atoms. The number of hydrogen-bond acceptors (Lipinski definition) is 2. The minimum atomic E-state index is 0.116. The maximum Gasteiger partial charge on any atom is 0.125 e. The van der Waals surface area contributed by atoms with Crippen LogP contribution in [0.2, 0.25) is 0 Å². The van der Waals surface area contributed by atoms with Gasteiger partial charge in [0.2, 0.25) is 0 Å². The Kier molecular flexibility index (Phi) is 2.45. The average Bonchev–Trinajstić information content (AvgIpc) is 2.16. The zero-order valence-electron chi connectivity index (χ0n) is 10.6. The Morgan fingerprint density at radius 3 is 2.38 bits per heavy atom. The fourth-order valence-corrected chi connectivity index (χ4v) is 1.96. The van der Waals surface area contributed by atoms with Crippen LogP contribution >= 0.6 is 0 Å². The Bertz CT molecular complexity index is 536. The lowest BCUT2D eigenvalue weighted by atomic mass is 9.84. The molecule has 1 aromatic carbocycles. The van der Waals surface area contributed by atoms with Gasteiger partial charge in [-0.05, 0) is 30.9 Å². The second-order valence-corrected chi connectivity index (χ2v) is 5.42. The minimum absolute atomic E-state index is 0.116. The molecule has 0 saturated heterocycles. The Hall–Kier alpha value is -1.44. The monoisotopic (exact) mass is 214 g/mol. The molecule has 0 unspecified atom stereocenters. The van der Waals surface area contributed by atoms with Gasteiger partial charge >= 0.3 is 0 Å². The van der Waals surface area contributed by atoms with E-state index in [9.17, 15) is 0 Å². The van der Waals surface area contributed by atoms with Crippen molar-refractivity contribution < 1.29 is 0 Å². The summed E-state index contributed by atoms with van der Waals surface area (Å²) in [6.45, 7) is 10.7. The summed E-state index contributed by atoms with van der Waals surface area (Å²) < 4.78 is 0. The van der Waals surface area contributed by atoms with Gasteiger partial charge in [0, 0.05) is 11.6 Å². The highest BCUT2D eigenvalue weighted by molar-refractivity contribution is 5.82. The van der Waals surface area contributed by atoms with E-state index in [1.54, 1.807) is 0 Å². The lowest BCUT2D eigenvalue weighted by Gasteiger charge is -2.21. The highest BCUT2D eigenvalue weighted by Gasteiger charge is 2.18. The van der Waals surface area contributed by atoms with E-state index < -0.39 is 0 Å².